The van der Waals surface area contributed by atoms with Gasteiger partial charge in [0, 0.05) is 18.7 Å². The number of aliphatic hydroxyl groups excluding tert-OH is 1. The highest BCUT2D eigenvalue weighted by atomic mass is 16.3. The second-order valence-corrected chi connectivity index (χ2v) is 5.85. The number of hydrogen-bond acceptors (Lipinski definition) is 3. The van der Waals surface area contributed by atoms with Crippen LogP contribution in [0.2, 0.25) is 0 Å². The number of urea groups is 1. The van der Waals surface area contributed by atoms with Crippen LogP contribution in [-0.2, 0) is 6.42 Å². The van der Waals surface area contributed by atoms with E-state index in [1.165, 1.54) is 0 Å². The number of benzene rings is 1. The second kappa shape index (κ2) is 5.81. The molecule has 2 aromatic rings. The topological polar surface area (TPSA) is 79.2 Å². The van der Waals surface area contributed by atoms with Gasteiger partial charge in [-0.1, -0.05) is 24.3 Å². The molecule has 3 N–H and O–H groups in total. The van der Waals surface area contributed by atoms with Crippen molar-refractivity contribution in [2.75, 3.05) is 5.32 Å². The van der Waals surface area contributed by atoms with Crippen LogP contribution in [0.15, 0.2) is 36.7 Å². The minimum atomic E-state index is -0.596. The molecule has 6 nitrogen and oxygen atoms in total. The van der Waals surface area contributed by atoms with Crippen LogP contribution in [0.3, 0.4) is 0 Å². The van der Waals surface area contributed by atoms with E-state index in [-0.39, 0.29) is 18.1 Å². The maximum absolute atomic E-state index is 12.1. The Hall–Kier alpha value is -2.34. The Kier molecular flexibility index (Phi) is 3.85. The van der Waals surface area contributed by atoms with Gasteiger partial charge in [-0.05, 0) is 25.0 Å². The fourth-order valence-electron chi connectivity index (χ4n) is 2.74. The van der Waals surface area contributed by atoms with Gasteiger partial charge in [-0.3, -0.25) is 4.68 Å². The highest BCUT2D eigenvalue weighted by molar-refractivity contribution is 5.89. The highest BCUT2D eigenvalue weighted by Crippen LogP contribution is 2.31. The molecule has 1 heterocycles. The molecular weight excluding hydrogens is 280 g/mol. The summed E-state index contributed by atoms with van der Waals surface area (Å²) in [4.78, 5) is 12.1. The average Bonchev–Trinajstić information content (AvgIpc) is 3.05. The molecule has 2 amide bonds. The van der Waals surface area contributed by atoms with Gasteiger partial charge in [-0.2, -0.15) is 5.10 Å². The molecule has 0 bridgehead atoms. The maximum atomic E-state index is 12.1. The third kappa shape index (κ3) is 2.82. The minimum Gasteiger partial charge on any atom is -0.390 e. The first-order chi connectivity index (χ1) is 10.5. The van der Waals surface area contributed by atoms with Gasteiger partial charge in [0.05, 0.1) is 24.0 Å². The zero-order chi connectivity index (χ0) is 15.7. The largest absolute Gasteiger partial charge is 0.390 e. The average molecular weight is 300 g/mol. The van der Waals surface area contributed by atoms with Crippen molar-refractivity contribution in [3.05, 3.63) is 47.8 Å². The van der Waals surface area contributed by atoms with Gasteiger partial charge in [0.15, 0.2) is 0 Å². The van der Waals surface area contributed by atoms with E-state index in [4.69, 9.17) is 0 Å². The first kappa shape index (κ1) is 14.6. The van der Waals surface area contributed by atoms with Crippen molar-refractivity contribution in [2.45, 2.75) is 38.5 Å². The Morgan fingerprint density at radius 2 is 2.18 bits per heavy atom. The van der Waals surface area contributed by atoms with Gasteiger partial charge in [0.25, 0.3) is 0 Å². The molecule has 1 aromatic heterocycles. The molecule has 2 atom stereocenters. The molecular formula is C16H20N4O2. The Balaban J connectivity index is 1.67. The molecule has 0 spiro atoms. The molecule has 116 valence electrons. The number of anilines is 1. The molecule has 0 saturated heterocycles. The lowest BCUT2D eigenvalue weighted by Gasteiger charge is -2.18. The standard InChI is InChI=1S/C16H20N4O2/c1-10(2)20-9-12(8-17-20)18-16(22)19-15-13-6-4-3-5-11(13)7-14(15)21/h3-6,8-10,14-15,21H,7H2,1-2H3,(H2,18,19,22)/t14-,15+/m1/s1. The van der Waals surface area contributed by atoms with E-state index in [1.54, 1.807) is 17.1 Å². The normalized spacial score (nSPS) is 20.0. The summed E-state index contributed by atoms with van der Waals surface area (Å²) in [6.07, 6.45) is 3.36. The number of hydrogen-bond donors (Lipinski definition) is 3. The van der Waals surface area contributed by atoms with Crippen LogP contribution >= 0.6 is 0 Å². The highest BCUT2D eigenvalue weighted by Gasteiger charge is 2.31. The molecule has 1 aliphatic rings. The van der Waals surface area contributed by atoms with Crippen LogP contribution in [0.25, 0.3) is 0 Å². The van der Waals surface area contributed by atoms with Crippen LogP contribution in [0.4, 0.5) is 10.5 Å². The molecule has 0 radical (unpaired) electrons. The van der Waals surface area contributed by atoms with Gasteiger partial charge in [-0.25, -0.2) is 4.79 Å². The maximum Gasteiger partial charge on any atom is 0.319 e. The van der Waals surface area contributed by atoms with E-state index in [0.717, 1.165) is 11.1 Å². The molecule has 3 rings (SSSR count). The fraction of sp³-hybridized carbons (Fsp3) is 0.375. The summed E-state index contributed by atoms with van der Waals surface area (Å²) in [5, 5.41) is 19.9. The fourth-order valence-corrected chi connectivity index (χ4v) is 2.74. The molecule has 0 fully saturated rings. The summed E-state index contributed by atoms with van der Waals surface area (Å²) in [6.45, 7) is 4.03. The molecule has 0 aliphatic heterocycles. The lowest BCUT2D eigenvalue weighted by atomic mass is 10.1. The zero-order valence-electron chi connectivity index (χ0n) is 12.7. The van der Waals surface area contributed by atoms with Crippen LogP contribution in [-0.4, -0.2) is 27.0 Å². The number of aliphatic hydroxyl groups is 1. The summed E-state index contributed by atoms with van der Waals surface area (Å²) in [7, 11) is 0. The van der Waals surface area contributed by atoms with Crippen LogP contribution in [0.1, 0.15) is 37.1 Å². The molecule has 22 heavy (non-hydrogen) atoms. The van der Waals surface area contributed by atoms with E-state index in [9.17, 15) is 9.90 Å². The number of fused-ring (bicyclic) bond motifs is 1. The second-order valence-electron chi connectivity index (χ2n) is 5.85. The summed E-state index contributed by atoms with van der Waals surface area (Å²) in [5.74, 6) is 0. The SMILES string of the molecule is CC(C)n1cc(NC(=O)N[C@H]2c3ccccc3C[C@H]2O)cn1. The molecule has 0 saturated carbocycles. The molecule has 1 aliphatic carbocycles. The molecule has 0 unspecified atom stereocenters. The van der Waals surface area contributed by atoms with Crippen molar-refractivity contribution in [2.24, 2.45) is 0 Å². The lowest BCUT2D eigenvalue weighted by molar-refractivity contribution is 0.144. The van der Waals surface area contributed by atoms with Crippen molar-refractivity contribution in [3.63, 3.8) is 0 Å². The summed E-state index contributed by atoms with van der Waals surface area (Å²) in [5.41, 5.74) is 2.68. The van der Waals surface area contributed by atoms with Crippen LogP contribution < -0.4 is 10.6 Å². The molecule has 1 aromatic carbocycles. The Bertz CT molecular complexity index is 680. The van der Waals surface area contributed by atoms with Gasteiger partial charge in [0.1, 0.15) is 0 Å². The van der Waals surface area contributed by atoms with Crippen molar-refractivity contribution in [1.82, 2.24) is 15.1 Å². The quantitative estimate of drug-likeness (QED) is 0.813. The van der Waals surface area contributed by atoms with E-state index in [0.29, 0.717) is 12.1 Å². The number of rotatable bonds is 3. The predicted octanol–water partition coefficient (Wildman–Crippen LogP) is 2.24. The van der Waals surface area contributed by atoms with E-state index in [1.807, 2.05) is 38.1 Å². The van der Waals surface area contributed by atoms with Crippen molar-refractivity contribution in [3.8, 4) is 0 Å². The van der Waals surface area contributed by atoms with Gasteiger partial charge >= 0.3 is 6.03 Å². The predicted molar refractivity (Wildman–Crippen MR) is 83.7 cm³/mol. The first-order valence-electron chi connectivity index (χ1n) is 7.42. The summed E-state index contributed by atoms with van der Waals surface area (Å²) >= 11 is 0. The van der Waals surface area contributed by atoms with Crippen molar-refractivity contribution < 1.29 is 9.90 Å². The lowest BCUT2D eigenvalue weighted by Crippen LogP contribution is -2.36. The third-order valence-electron chi connectivity index (χ3n) is 3.88. The molecule has 6 heteroatoms. The van der Waals surface area contributed by atoms with Crippen molar-refractivity contribution >= 4 is 11.7 Å². The Morgan fingerprint density at radius 1 is 1.41 bits per heavy atom. The number of aromatic nitrogens is 2. The van der Waals surface area contributed by atoms with Crippen molar-refractivity contribution in [1.29, 1.82) is 0 Å². The smallest absolute Gasteiger partial charge is 0.319 e. The Labute approximate surface area is 129 Å². The Morgan fingerprint density at radius 3 is 2.91 bits per heavy atom. The third-order valence-corrected chi connectivity index (χ3v) is 3.88. The monoisotopic (exact) mass is 300 g/mol. The number of nitrogens with zero attached hydrogens (tertiary/aromatic N) is 2. The number of nitrogens with one attached hydrogen (secondary N) is 2. The van der Waals surface area contributed by atoms with Gasteiger partial charge in [-0.15, -0.1) is 0 Å². The summed E-state index contributed by atoms with van der Waals surface area (Å²) < 4.78 is 1.77. The number of amides is 2. The van der Waals surface area contributed by atoms with E-state index in [2.05, 4.69) is 15.7 Å². The summed E-state index contributed by atoms with van der Waals surface area (Å²) in [6, 6.07) is 7.28. The minimum absolute atomic E-state index is 0.238. The first-order valence-corrected chi connectivity index (χ1v) is 7.42. The number of carbonyl (C=O) groups is 1. The van der Waals surface area contributed by atoms with Crippen LogP contribution in [0.5, 0.6) is 0 Å². The van der Waals surface area contributed by atoms with E-state index >= 15 is 0 Å². The van der Waals surface area contributed by atoms with Gasteiger partial charge < -0.3 is 15.7 Å². The zero-order valence-corrected chi connectivity index (χ0v) is 12.7. The number of carbonyl (C=O) groups excluding carboxylic acids is 1. The van der Waals surface area contributed by atoms with Gasteiger partial charge in [0.2, 0.25) is 0 Å². The van der Waals surface area contributed by atoms with E-state index < -0.39 is 6.10 Å². The van der Waals surface area contributed by atoms with Crippen LogP contribution in [0, 0.1) is 0 Å².